The number of anilines is 2. The maximum absolute atomic E-state index is 12.3. The van der Waals surface area contributed by atoms with Crippen molar-refractivity contribution in [2.75, 3.05) is 11.4 Å². The molecule has 4 heterocycles. The summed E-state index contributed by atoms with van der Waals surface area (Å²) in [6.07, 6.45) is 6.01. The molecule has 31 heavy (non-hydrogen) atoms. The molecule has 1 aliphatic rings. The van der Waals surface area contributed by atoms with Crippen molar-refractivity contribution in [2.45, 2.75) is 32.6 Å². The van der Waals surface area contributed by atoms with Crippen LogP contribution in [0, 0.1) is 0 Å². The van der Waals surface area contributed by atoms with E-state index >= 15 is 0 Å². The molecule has 6 nitrogen and oxygen atoms in total. The first-order chi connectivity index (χ1) is 14.9. The third kappa shape index (κ3) is 3.23. The highest BCUT2D eigenvalue weighted by Gasteiger charge is 2.21. The number of benzene rings is 1. The molecule has 1 aliphatic heterocycles. The molecule has 5 rings (SSSR count). The van der Waals surface area contributed by atoms with Crippen molar-refractivity contribution < 1.29 is 0 Å². The minimum atomic E-state index is -0.00500. The SMILES string of the molecule is CC(C)c1ccc(-c2cc3c(cn2)N(c2ccc4c(c2)n(C)c(=O)n4C)CCC3)cn1. The molecule has 0 atom stereocenters. The van der Waals surface area contributed by atoms with Gasteiger partial charge < -0.3 is 4.90 Å². The lowest BCUT2D eigenvalue weighted by molar-refractivity contribution is 0.764. The molecule has 0 N–H and O–H groups in total. The van der Waals surface area contributed by atoms with E-state index in [1.807, 2.05) is 32.6 Å². The van der Waals surface area contributed by atoms with Gasteiger partial charge in [0.1, 0.15) is 0 Å². The number of hydrogen-bond donors (Lipinski definition) is 0. The molecule has 0 amide bonds. The summed E-state index contributed by atoms with van der Waals surface area (Å²) in [5.74, 6) is 0.417. The zero-order chi connectivity index (χ0) is 21.7. The van der Waals surface area contributed by atoms with Gasteiger partial charge in [0.2, 0.25) is 0 Å². The van der Waals surface area contributed by atoms with Gasteiger partial charge in [0.25, 0.3) is 0 Å². The first kappa shape index (κ1) is 19.5. The van der Waals surface area contributed by atoms with Crippen molar-refractivity contribution in [1.82, 2.24) is 19.1 Å². The zero-order valence-electron chi connectivity index (χ0n) is 18.5. The van der Waals surface area contributed by atoms with Gasteiger partial charge in [-0.1, -0.05) is 13.8 Å². The van der Waals surface area contributed by atoms with E-state index in [4.69, 9.17) is 4.98 Å². The summed E-state index contributed by atoms with van der Waals surface area (Å²) < 4.78 is 3.40. The highest BCUT2D eigenvalue weighted by molar-refractivity contribution is 5.83. The van der Waals surface area contributed by atoms with Crippen LogP contribution in [0.25, 0.3) is 22.3 Å². The van der Waals surface area contributed by atoms with Gasteiger partial charge in [0.05, 0.1) is 28.6 Å². The van der Waals surface area contributed by atoms with Crippen LogP contribution in [-0.2, 0) is 20.5 Å². The van der Waals surface area contributed by atoms with Crippen LogP contribution in [0.2, 0.25) is 0 Å². The van der Waals surface area contributed by atoms with E-state index in [-0.39, 0.29) is 5.69 Å². The van der Waals surface area contributed by atoms with E-state index in [0.717, 1.165) is 58.7 Å². The number of rotatable bonds is 3. The van der Waals surface area contributed by atoms with Crippen LogP contribution in [0.1, 0.15) is 37.4 Å². The van der Waals surface area contributed by atoms with Crippen molar-refractivity contribution >= 4 is 22.4 Å². The molecule has 0 saturated carbocycles. The van der Waals surface area contributed by atoms with E-state index in [9.17, 15) is 4.79 Å². The van der Waals surface area contributed by atoms with Crippen LogP contribution in [-0.4, -0.2) is 25.6 Å². The second-order valence-corrected chi connectivity index (χ2v) is 8.65. The molecule has 6 heteroatoms. The maximum atomic E-state index is 12.3. The molecular formula is C25H27N5O. The third-order valence-corrected chi connectivity index (χ3v) is 6.33. The maximum Gasteiger partial charge on any atom is 0.328 e. The first-order valence-electron chi connectivity index (χ1n) is 10.8. The molecule has 0 unspecified atom stereocenters. The van der Waals surface area contributed by atoms with E-state index in [1.54, 1.807) is 9.13 Å². The Morgan fingerprint density at radius 1 is 0.935 bits per heavy atom. The molecule has 0 aliphatic carbocycles. The van der Waals surface area contributed by atoms with E-state index in [1.165, 1.54) is 5.56 Å². The van der Waals surface area contributed by atoms with Gasteiger partial charge in [0.15, 0.2) is 0 Å². The quantitative estimate of drug-likeness (QED) is 0.495. The van der Waals surface area contributed by atoms with Crippen LogP contribution in [0.5, 0.6) is 0 Å². The number of imidazole rings is 1. The Balaban J connectivity index is 1.53. The topological polar surface area (TPSA) is 56.0 Å². The van der Waals surface area contributed by atoms with Crippen molar-refractivity contribution in [1.29, 1.82) is 0 Å². The van der Waals surface area contributed by atoms with Crippen LogP contribution in [0.15, 0.2) is 53.6 Å². The monoisotopic (exact) mass is 413 g/mol. The fourth-order valence-electron chi connectivity index (χ4n) is 4.47. The Morgan fingerprint density at radius 2 is 1.74 bits per heavy atom. The summed E-state index contributed by atoms with van der Waals surface area (Å²) in [6.45, 7) is 5.24. The second kappa shape index (κ2) is 7.38. The normalized spacial score (nSPS) is 13.8. The summed E-state index contributed by atoms with van der Waals surface area (Å²) in [5, 5.41) is 0. The van der Waals surface area contributed by atoms with Gasteiger partial charge in [-0.25, -0.2) is 4.79 Å². The van der Waals surface area contributed by atoms with Gasteiger partial charge in [-0.3, -0.25) is 19.1 Å². The summed E-state index contributed by atoms with van der Waals surface area (Å²) in [5.41, 5.74) is 8.51. The van der Waals surface area contributed by atoms with Crippen molar-refractivity contribution in [3.05, 3.63) is 70.5 Å². The predicted octanol–water partition coefficient (Wildman–Crippen LogP) is 4.54. The van der Waals surface area contributed by atoms with Gasteiger partial charge in [-0.2, -0.15) is 0 Å². The second-order valence-electron chi connectivity index (χ2n) is 8.65. The number of nitrogens with zero attached hydrogens (tertiary/aromatic N) is 5. The fourth-order valence-corrected chi connectivity index (χ4v) is 4.47. The smallest absolute Gasteiger partial charge is 0.328 e. The number of pyridine rings is 2. The van der Waals surface area contributed by atoms with Crippen LogP contribution < -0.4 is 10.6 Å². The molecule has 0 radical (unpaired) electrons. The van der Waals surface area contributed by atoms with Gasteiger partial charge in [-0.05, 0) is 60.7 Å². The van der Waals surface area contributed by atoms with Crippen LogP contribution in [0.4, 0.5) is 11.4 Å². The van der Waals surface area contributed by atoms with E-state index < -0.39 is 0 Å². The standard InChI is InChI=1S/C25H27N5O/c1-16(2)20-9-7-18(14-26-20)21-12-17-6-5-11-30(24(17)15-27-21)19-8-10-22-23(13-19)29(4)25(31)28(22)3/h7-10,12-16H,5-6,11H2,1-4H3. The average molecular weight is 414 g/mol. The lowest BCUT2D eigenvalue weighted by atomic mass is 10.00. The van der Waals surface area contributed by atoms with Crippen molar-refractivity contribution in [3.8, 4) is 11.3 Å². The van der Waals surface area contributed by atoms with Crippen LogP contribution in [0.3, 0.4) is 0 Å². The molecule has 3 aromatic heterocycles. The Labute approximate surface area is 181 Å². The Hall–Kier alpha value is -3.41. The van der Waals surface area contributed by atoms with Crippen molar-refractivity contribution in [2.24, 2.45) is 14.1 Å². The van der Waals surface area contributed by atoms with E-state index in [2.05, 4.69) is 54.1 Å². The molecule has 4 aromatic rings. The molecule has 158 valence electrons. The zero-order valence-corrected chi connectivity index (χ0v) is 18.5. The Morgan fingerprint density at radius 3 is 2.48 bits per heavy atom. The first-order valence-corrected chi connectivity index (χ1v) is 10.8. The lowest BCUT2D eigenvalue weighted by Crippen LogP contribution is -2.24. The Bertz CT molecular complexity index is 1330. The fraction of sp³-hybridized carbons (Fsp3) is 0.320. The van der Waals surface area contributed by atoms with Gasteiger partial charge >= 0.3 is 5.69 Å². The molecule has 0 saturated heterocycles. The minimum Gasteiger partial charge on any atom is -0.340 e. The number of aryl methyl sites for hydroxylation is 3. The number of fused-ring (bicyclic) bond motifs is 2. The van der Waals surface area contributed by atoms with Crippen LogP contribution >= 0.6 is 0 Å². The number of aromatic nitrogens is 4. The summed E-state index contributed by atoms with van der Waals surface area (Å²) in [4.78, 5) is 24.0. The molecule has 0 bridgehead atoms. The van der Waals surface area contributed by atoms with Crippen molar-refractivity contribution in [3.63, 3.8) is 0 Å². The number of hydrogen-bond acceptors (Lipinski definition) is 4. The largest absolute Gasteiger partial charge is 0.340 e. The molecular weight excluding hydrogens is 386 g/mol. The van der Waals surface area contributed by atoms with E-state index in [0.29, 0.717) is 5.92 Å². The lowest BCUT2D eigenvalue weighted by Gasteiger charge is -2.31. The van der Waals surface area contributed by atoms with Gasteiger partial charge in [-0.15, -0.1) is 0 Å². The van der Waals surface area contributed by atoms with Gasteiger partial charge in [0, 0.05) is 43.8 Å². The summed E-state index contributed by atoms with van der Waals surface area (Å²) in [7, 11) is 3.64. The third-order valence-electron chi connectivity index (χ3n) is 6.33. The summed E-state index contributed by atoms with van der Waals surface area (Å²) >= 11 is 0. The Kier molecular flexibility index (Phi) is 4.65. The molecule has 0 spiro atoms. The average Bonchev–Trinajstić information content (AvgIpc) is 3.02. The molecule has 0 fully saturated rings. The predicted molar refractivity (Wildman–Crippen MR) is 125 cm³/mol. The highest BCUT2D eigenvalue weighted by Crippen LogP contribution is 2.36. The summed E-state index contributed by atoms with van der Waals surface area (Å²) in [6, 6.07) is 12.6. The molecule has 1 aromatic carbocycles. The minimum absolute atomic E-state index is 0.00500. The highest BCUT2D eigenvalue weighted by atomic mass is 16.1.